The Morgan fingerprint density at radius 3 is 2.17 bits per heavy atom. The molecule has 0 spiro atoms. The monoisotopic (exact) mass is 409 g/mol. The number of carbonyl (C=O) groups is 2. The highest BCUT2D eigenvalue weighted by Crippen LogP contribution is 2.06. The van der Waals surface area contributed by atoms with Crippen molar-refractivity contribution in [3.8, 4) is 0 Å². The van der Waals surface area contributed by atoms with E-state index in [0.29, 0.717) is 37.6 Å². The van der Waals surface area contributed by atoms with Crippen LogP contribution in [0.5, 0.6) is 0 Å². The fourth-order valence-electron chi connectivity index (χ4n) is 2.85. The van der Waals surface area contributed by atoms with E-state index in [2.05, 4.69) is 15.6 Å². The van der Waals surface area contributed by atoms with Gasteiger partial charge >= 0.3 is 0 Å². The van der Waals surface area contributed by atoms with Crippen LogP contribution in [0.3, 0.4) is 0 Å². The predicted molar refractivity (Wildman–Crippen MR) is 120 cm³/mol. The van der Waals surface area contributed by atoms with E-state index >= 15 is 0 Å². The summed E-state index contributed by atoms with van der Waals surface area (Å²) in [4.78, 5) is 31.7. The second-order valence-corrected chi connectivity index (χ2v) is 7.23. The lowest BCUT2D eigenvalue weighted by atomic mass is 10.1. The van der Waals surface area contributed by atoms with Gasteiger partial charge in [0.25, 0.3) is 5.91 Å². The number of amides is 2. The molecule has 0 aliphatic heterocycles. The first kappa shape index (κ1) is 22.9. The average molecular weight is 410 g/mol. The Morgan fingerprint density at radius 1 is 0.900 bits per heavy atom. The van der Waals surface area contributed by atoms with Gasteiger partial charge in [-0.3, -0.25) is 14.6 Å². The molecule has 2 aromatic carbocycles. The van der Waals surface area contributed by atoms with Crippen LogP contribution in [0, 0.1) is 0 Å². The zero-order valence-corrected chi connectivity index (χ0v) is 18.2. The summed E-state index contributed by atoms with van der Waals surface area (Å²) < 4.78 is 0. The summed E-state index contributed by atoms with van der Waals surface area (Å²) in [5.74, 6) is 0.679. The second-order valence-electron chi connectivity index (χ2n) is 7.23. The van der Waals surface area contributed by atoms with Crippen molar-refractivity contribution in [1.29, 1.82) is 0 Å². The average Bonchev–Trinajstić information content (AvgIpc) is 2.76. The van der Waals surface area contributed by atoms with Crippen LogP contribution in [0.4, 0.5) is 0 Å². The van der Waals surface area contributed by atoms with E-state index in [1.807, 2.05) is 61.6 Å². The van der Waals surface area contributed by atoms with Gasteiger partial charge in [0.1, 0.15) is 0 Å². The fraction of sp³-hybridized carbons (Fsp3) is 0.348. The number of hydrogen-bond donors (Lipinski definition) is 2. The molecule has 0 aromatic heterocycles. The van der Waals surface area contributed by atoms with Crippen molar-refractivity contribution < 1.29 is 9.59 Å². The molecule has 2 rings (SSSR count). The number of nitrogens with one attached hydrogen (secondary N) is 2. The third-order valence-electron chi connectivity index (χ3n) is 4.61. The Hall–Kier alpha value is -3.35. The molecule has 0 unspecified atom stereocenters. The topological polar surface area (TPSA) is 77.0 Å². The molecule has 160 valence electrons. The van der Waals surface area contributed by atoms with E-state index in [9.17, 15) is 9.59 Å². The lowest BCUT2D eigenvalue weighted by Gasteiger charge is -2.18. The maximum absolute atomic E-state index is 12.3. The first-order chi connectivity index (χ1) is 14.4. The summed E-state index contributed by atoms with van der Waals surface area (Å²) in [5, 5.41) is 6.38. The summed E-state index contributed by atoms with van der Waals surface area (Å²) in [6, 6.07) is 17.4. The summed E-state index contributed by atoms with van der Waals surface area (Å²) in [5.41, 5.74) is 2.80. The van der Waals surface area contributed by atoms with Crippen LogP contribution in [0.25, 0.3) is 0 Å². The van der Waals surface area contributed by atoms with Gasteiger partial charge in [-0.2, -0.15) is 0 Å². The maximum Gasteiger partial charge on any atom is 0.253 e. The highest BCUT2D eigenvalue weighted by molar-refractivity contribution is 5.93. The third kappa shape index (κ3) is 7.24. The van der Waals surface area contributed by atoms with Crippen molar-refractivity contribution in [1.82, 2.24) is 20.4 Å². The number of aliphatic imine (C=N–C) groups is 1. The minimum Gasteiger partial charge on any atom is -0.356 e. The van der Waals surface area contributed by atoms with Gasteiger partial charge in [-0.15, -0.1) is 0 Å². The van der Waals surface area contributed by atoms with Gasteiger partial charge in [0.05, 0.1) is 0 Å². The third-order valence-corrected chi connectivity index (χ3v) is 4.61. The first-order valence-electron chi connectivity index (χ1n) is 9.93. The summed E-state index contributed by atoms with van der Waals surface area (Å²) in [6.07, 6.45) is 0.380. The molecular formula is C23H31N5O2. The van der Waals surface area contributed by atoms with Gasteiger partial charge in [-0.05, 0) is 23.3 Å². The normalized spacial score (nSPS) is 11.0. The largest absolute Gasteiger partial charge is 0.356 e. The van der Waals surface area contributed by atoms with Crippen LogP contribution >= 0.6 is 0 Å². The molecule has 7 heteroatoms. The van der Waals surface area contributed by atoms with Crippen LogP contribution in [-0.2, 0) is 17.9 Å². The van der Waals surface area contributed by atoms with Gasteiger partial charge in [-0.1, -0.05) is 42.5 Å². The molecule has 2 N–H and O–H groups in total. The smallest absolute Gasteiger partial charge is 0.253 e. The lowest BCUT2D eigenvalue weighted by Crippen LogP contribution is -2.39. The number of guanidine groups is 1. The molecule has 7 nitrogen and oxygen atoms in total. The quantitative estimate of drug-likeness (QED) is 0.517. The van der Waals surface area contributed by atoms with Crippen molar-refractivity contribution in [2.24, 2.45) is 4.99 Å². The van der Waals surface area contributed by atoms with Crippen LogP contribution in [0.15, 0.2) is 59.6 Å². The fourth-order valence-corrected chi connectivity index (χ4v) is 2.85. The van der Waals surface area contributed by atoms with Crippen molar-refractivity contribution in [2.75, 3.05) is 34.7 Å². The highest BCUT2D eigenvalue weighted by atomic mass is 16.2. The summed E-state index contributed by atoms with van der Waals surface area (Å²) >= 11 is 0. The number of benzene rings is 2. The van der Waals surface area contributed by atoms with Crippen molar-refractivity contribution >= 4 is 17.8 Å². The Morgan fingerprint density at radius 2 is 1.57 bits per heavy atom. The van der Waals surface area contributed by atoms with Crippen LogP contribution < -0.4 is 10.6 Å². The molecule has 2 amide bonds. The van der Waals surface area contributed by atoms with Gasteiger partial charge < -0.3 is 20.4 Å². The van der Waals surface area contributed by atoms with Gasteiger partial charge in [0.2, 0.25) is 5.91 Å². The zero-order chi connectivity index (χ0) is 21.9. The number of rotatable bonds is 8. The summed E-state index contributed by atoms with van der Waals surface area (Å²) in [6.45, 7) is 1.66. The molecule has 0 radical (unpaired) electrons. The van der Waals surface area contributed by atoms with Gasteiger partial charge in [0, 0.05) is 59.8 Å². The Labute approximate surface area is 178 Å². The van der Waals surface area contributed by atoms with Crippen molar-refractivity contribution in [3.63, 3.8) is 0 Å². The molecule has 0 bridgehead atoms. The molecule has 30 heavy (non-hydrogen) atoms. The van der Waals surface area contributed by atoms with Crippen LogP contribution in [0.1, 0.15) is 27.9 Å². The Kier molecular flexibility index (Phi) is 8.87. The Balaban J connectivity index is 1.74. The van der Waals surface area contributed by atoms with Crippen molar-refractivity contribution in [3.05, 3.63) is 71.3 Å². The SMILES string of the molecule is CN=C(NCCC(=O)N(C)Cc1ccccc1)NCc1ccc(C(=O)N(C)C)cc1. The second kappa shape index (κ2) is 11.6. The van der Waals surface area contributed by atoms with E-state index in [1.165, 1.54) is 0 Å². The first-order valence-corrected chi connectivity index (χ1v) is 9.93. The predicted octanol–water partition coefficient (Wildman–Crippen LogP) is 2.10. The lowest BCUT2D eigenvalue weighted by molar-refractivity contribution is -0.130. The van der Waals surface area contributed by atoms with Crippen molar-refractivity contribution in [2.45, 2.75) is 19.5 Å². The highest BCUT2D eigenvalue weighted by Gasteiger charge is 2.10. The molecule has 0 saturated carbocycles. The summed E-state index contributed by atoms with van der Waals surface area (Å²) in [7, 11) is 6.97. The van der Waals surface area contributed by atoms with E-state index < -0.39 is 0 Å². The number of carbonyl (C=O) groups excluding carboxylic acids is 2. The maximum atomic E-state index is 12.3. The molecule has 0 atom stereocenters. The van der Waals surface area contributed by atoms with Gasteiger partial charge in [-0.25, -0.2) is 0 Å². The van der Waals surface area contributed by atoms with E-state index in [1.54, 1.807) is 30.9 Å². The molecular weight excluding hydrogens is 378 g/mol. The molecule has 0 aliphatic rings. The minimum atomic E-state index is -0.0196. The molecule has 0 saturated heterocycles. The molecule has 0 heterocycles. The minimum absolute atomic E-state index is 0.0196. The van der Waals surface area contributed by atoms with E-state index in [-0.39, 0.29) is 11.8 Å². The van der Waals surface area contributed by atoms with E-state index in [0.717, 1.165) is 11.1 Å². The molecule has 2 aromatic rings. The van der Waals surface area contributed by atoms with E-state index in [4.69, 9.17) is 0 Å². The number of hydrogen-bond acceptors (Lipinski definition) is 3. The van der Waals surface area contributed by atoms with Crippen LogP contribution in [-0.4, -0.2) is 62.3 Å². The molecule has 0 aliphatic carbocycles. The zero-order valence-electron chi connectivity index (χ0n) is 18.2. The standard InChI is InChI=1S/C23H31N5O2/c1-24-23(26-16-18-10-12-20(13-11-18)22(30)27(2)3)25-15-14-21(29)28(4)17-19-8-6-5-7-9-19/h5-13H,14-17H2,1-4H3,(H2,24,25,26). The number of nitrogens with zero attached hydrogens (tertiary/aromatic N) is 3. The van der Waals surface area contributed by atoms with Crippen LogP contribution in [0.2, 0.25) is 0 Å². The molecule has 0 fully saturated rings. The van der Waals surface area contributed by atoms with Gasteiger partial charge in [0.15, 0.2) is 5.96 Å². The Bertz CT molecular complexity index is 848.